The molecule has 0 N–H and O–H groups in total. The zero-order chi connectivity index (χ0) is 23.1. The summed E-state index contributed by atoms with van der Waals surface area (Å²) in [6, 6.07) is 0. The van der Waals surface area contributed by atoms with E-state index in [1.165, 1.54) is 57.8 Å². The first-order chi connectivity index (χ1) is 15.3. The number of ether oxygens (including phenoxy) is 2. The SMILES string of the molecule is COC(=O)[C@]12C[C@H](OC)CC[C@@H]1CC[C@H]1[C@@H]3CC[C@H]([C@H](C)CCCC(C)C)[C@@]3(C)CC[C@@H]12. The first-order valence-electron chi connectivity index (χ1n) is 13.9. The molecule has 0 unspecified atom stereocenters. The van der Waals surface area contributed by atoms with Crippen molar-refractivity contribution in [3.63, 3.8) is 0 Å². The summed E-state index contributed by atoms with van der Waals surface area (Å²) in [5, 5.41) is 0. The molecule has 4 fully saturated rings. The van der Waals surface area contributed by atoms with Gasteiger partial charge in [-0.25, -0.2) is 0 Å². The molecule has 0 amide bonds. The van der Waals surface area contributed by atoms with Crippen molar-refractivity contribution < 1.29 is 14.3 Å². The summed E-state index contributed by atoms with van der Waals surface area (Å²) >= 11 is 0. The number of carbonyl (C=O) groups is 1. The van der Waals surface area contributed by atoms with E-state index in [4.69, 9.17) is 9.47 Å². The lowest BCUT2D eigenvalue weighted by molar-refractivity contribution is -0.191. The van der Waals surface area contributed by atoms with Crippen LogP contribution in [0.15, 0.2) is 0 Å². The molecular weight excluding hydrogens is 396 g/mol. The average molecular weight is 447 g/mol. The minimum atomic E-state index is -0.293. The van der Waals surface area contributed by atoms with E-state index in [1.54, 1.807) is 7.11 Å². The number of methoxy groups -OCH3 is 2. The number of esters is 1. The predicted molar refractivity (Wildman–Crippen MR) is 130 cm³/mol. The summed E-state index contributed by atoms with van der Waals surface area (Å²) in [5.41, 5.74) is 0.177. The molecule has 0 radical (unpaired) electrons. The predicted octanol–water partition coefficient (Wildman–Crippen LogP) is 7.28. The largest absolute Gasteiger partial charge is 0.469 e. The maximum absolute atomic E-state index is 13.5. The van der Waals surface area contributed by atoms with Gasteiger partial charge in [0.15, 0.2) is 0 Å². The molecule has 4 saturated carbocycles. The highest BCUT2D eigenvalue weighted by molar-refractivity contribution is 5.78. The number of hydrogen-bond donors (Lipinski definition) is 0. The van der Waals surface area contributed by atoms with Crippen LogP contribution in [0.25, 0.3) is 0 Å². The van der Waals surface area contributed by atoms with Crippen LogP contribution in [0, 0.1) is 52.3 Å². The van der Waals surface area contributed by atoms with E-state index in [1.807, 2.05) is 7.11 Å². The van der Waals surface area contributed by atoms with Gasteiger partial charge in [0.2, 0.25) is 0 Å². The van der Waals surface area contributed by atoms with Gasteiger partial charge in [-0.2, -0.15) is 0 Å². The fourth-order valence-corrected chi connectivity index (χ4v) is 9.69. The molecule has 0 bridgehead atoms. The molecule has 4 aliphatic carbocycles. The normalized spacial score (nSPS) is 44.5. The maximum Gasteiger partial charge on any atom is 0.312 e. The van der Waals surface area contributed by atoms with Gasteiger partial charge in [0.05, 0.1) is 18.6 Å². The van der Waals surface area contributed by atoms with Gasteiger partial charge in [0.25, 0.3) is 0 Å². The Morgan fingerprint density at radius 2 is 1.69 bits per heavy atom. The summed E-state index contributed by atoms with van der Waals surface area (Å²) in [7, 11) is 3.45. The van der Waals surface area contributed by atoms with Gasteiger partial charge in [0.1, 0.15) is 0 Å². The van der Waals surface area contributed by atoms with E-state index in [0.717, 1.165) is 42.9 Å². The van der Waals surface area contributed by atoms with Crippen molar-refractivity contribution in [3.8, 4) is 0 Å². The topological polar surface area (TPSA) is 35.5 Å². The molecule has 0 aromatic rings. The molecule has 4 rings (SSSR count). The zero-order valence-corrected chi connectivity index (χ0v) is 21.8. The molecule has 32 heavy (non-hydrogen) atoms. The summed E-state index contributed by atoms with van der Waals surface area (Å²) in [4.78, 5) is 13.5. The standard InChI is InChI=1S/C29H50O3/c1-19(2)8-7-9-20(3)24-14-15-25-23-13-11-21-10-12-22(31-5)18-29(21,27(30)32-6)26(23)16-17-28(24,25)4/h19-26H,7-18H2,1-6H3/t20-,21-,22-,23+,24-,25+,26+,28-,29-/m1/s1. The molecule has 0 heterocycles. The van der Waals surface area contributed by atoms with Crippen LogP contribution in [0.3, 0.4) is 0 Å². The fraction of sp³-hybridized carbons (Fsp3) is 0.966. The Bertz CT molecular complexity index is 659. The summed E-state index contributed by atoms with van der Waals surface area (Å²) < 4.78 is 11.4. The third-order valence-corrected chi connectivity index (χ3v) is 11.2. The second kappa shape index (κ2) is 9.59. The summed E-state index contributed by atoms with van der Waals surface area (Å²) in [5.74, 6) is 5.10. The van der Waals surface area contributed by atoms with Crippen LogP contribution >= 0.6 is 0 Å². The van der Waals surface area contributed by atoms with E-state index in [2.05, 4.69) is 27.7 Å². The van der Waals surface area contributed by atoms with Crippen LogP contribution in [0.5, 0.6) is 0 Å². The highest BCUT2D eigenvalue weighted by atomic mass is 16.5. The first kappa shape index (κ1) is 24.6. The third-order valence-electron chi connectivity index (χ3n) is 11.2. The first-order valence-corrected chi connectivity index (χ1v) is 13.9. The Morgan fingerprint density at radius 3 is 2.38 bits per heavy atom. The Hall–Kier alpha value is -0.570. The van der Waals surface area contributed by atoms with Crippen molar-refractivity contribution in [2.24, 2.45) is 52.3 Å². The molecule has 184 valence electrons. The molecule has 9 atom stereocenters. The minimum Gasteiger partial charge on any atom is -0.469 e. The molecule has 0 aliphatic heterocycles. The number of rotatable bonds is 7. The summed E-state index contributed by atoms with van der Waals surface area (Å²) in [6.45, 7) is 9.89. The molecule has 4 aliphatic rings. The minimum absolute atomic E-state index is 0.0825. The van der Waals surface area contributed by atoms with Crippen molar-refractivity contribution >= 4 is 5.97 Å². The average Bonchev–Trinajstić information content (AvgIpc) is 3.14. The van der Waals surface area contributed by atoms with Crippen LogP contribution < -0.4 is 0 Å². The third kappa shape index (κ3) is 3.97. The Balaban J connectivity index is 1.55. The van der Waals surface area contributed by atoms with Gasteiger partial charge in [-0.15, -0.1) is 0 Å². The zero-order valence-electron chi connectivity index (χ0n) is 21.8. The van der Waals surface area contributed by atoms with E-state index in [-0.39, 0.29) is 17.5 Å². The van der Waals surface area contributed by atoms with Crippen molar-refractivity contribution in [2.75, 3.05) is 14.2 Å². The molecule has 3 heteroatoms. The van der Waals surface area contributed by atoms with Crippen LogP contribution in [0.1, 0.15) is 105 Å². The van der Waals surface area contributed by atoms with Crippen molar-refractivity contribution in [2.45, 2.75) is 111 Å². The lowest BCUT2D eigenvalue weighted by Crippen LogP contribution is -2.59. The lowest BCUT2D eigenvalue weighted by atomic mass is 9.43. The van der Waals surface area contributed by atoms with E-state index in [0.29, 0.717) is 23.2 Å². The van der Waals surface area contributed by atoms with Gasteiger partial charge in [0, 0.05) is 7.11 Å². The lowest BCUT2D eigenvalue weighted by Gasteiger charge is -2.60. The Labute approximate surface area is 197 Å². The highest BCUT2D eigenvalue weighted by Crippen LogP contribution is 2.68. The second-order valence-corrected chi connectivity index (χ2v) is 12.9. The molecule has 0 aromatic heterocycles. The van der Waals surface area contributed by atoms with Crippen LogP contribution in [0.4, 0.5) is 0 Å². The van der Waals surface area contributed by atoms with Gasteiger partial charge < -0.3 is 9.47 Å². The second-order valence-electron chi connectivity index (χ2n) is 12.9. The van der Waals surface area contributed by atoms with Crippen LogP contribution in [0.2, 0.25) is 0 Å². The number of carbonyl (C=O) groups excluding carboxylic acids is 1. The quantitative estimate of drug-likeness (QED) is 0.386. The maximum atomic E-state index is 13.5. The van der Waals surface area contributed by atoms with Crippen molar-refractivity contribution in [1.82, 2.24) is 0 Å². The van der Waals surface area contributed by atoms with E-state index < -0.39 is 0 Å². The smallest absolute Gasteiger partial charge is 0.312 e. The Morgan fingerprint density at radius 1 is 0.938 bits per heavy atom. The van der Waals surface area contributed by atoms with Gasteiger partial charge >= 0.3 is 5.97 Å². The molecule has 3 nitrogen and oxygen atoms in total. The van der Waals surface area contributed by atoms with Crippen molar-refractivity contribution in [1.29, 1.82) is 0 Å². The molecular formula is C29H50O3. The highest BCUT2D eigenvalue weighted by Gasteiger charge is 2.65. The molecule has 0 aromatic carbocycles. The monoisotopic (exact) mass is 446 g/mol. The fourth-order valence-electron chi connectivity index (χ4n) is 9.69. The number of hydrogen-bond acceptors (Lipinski definition) is 3. The summed E-state index contributed by atoms with van der Waals surface area (Å²) in [6.07, 6.45) is 15.3. The van der Waals surface area contributed by atoms with Crippen LogP contribution in [-0.2, 0) is 14.3 Å². The molecule has 0 saturated heterocycles. The van der Waals surface area contributed by atoms with Gasteiger partial charge in [-0.05, 0) is 105 Å². The molecule has 0 spiro atoms. The number of fused-ring (bicyclic) bond motifs is 5. The van der Waals surface area contributed by atoms with Crippen molar-refractivity contribution in [3.05, 3.63) is 0 Å². The van der Waals surface area contributed by atoms with E-state index >= 15 is 0 Å². The van der Waals surface area contributed by atoms with Crippen LogP contribution in [-0.4, -0.2) is 26.3 Å². The van der Waals surface area contributed by atoms with Gasteiger partial charge in [-0.1, -0.05) is 47.0 Å². The Kier molecular flexibility index (Phi) is 7.36. The van der Waals surface area contributed by atoms with E-state index in [9.17, 15) is 4.79 Å². The van der Waals surface area contributed by atoms with Gasteiger partial charge in [-0.3, -0.25) is 4.79 Å².